The molecule has 2 aliphatic heterocycles. The van der Waals surface area contributed by atoms with Crippen LogP contribution < -0.4 is 20.1 Å². The Kier molecular flexibility index (Phi) is 3.38. The van der Waals surface area contributed by atoms with Gasteiger partial charge in [-0.15, -0.1) is 0 Å². The first-order valence-electron chi connectivity index (χ1n) is 7.19. The highest BCUT2D eigenvalue weighted by atomic mass is 32.1. The number of aromatic nitrogens is 1. The average Bonchev–Trinajstić information content (AvgIpc) is 3.13. The van der Waals surface area contributed by atoms with Gasteiger partial charge in [-0.2, -0.15) is 0 Å². The van der Waals surface area contributed by atoms with Gasteiger partial charge in [0.1, 0.15) is 4.88 Å². The minimum absolute atomic E-state index is 0.126. The summed E-state index contributed by atoms with van der Waals surface area (Å²) in [6, 6.07) is 4.98. The van der Waals surface area contributed by atoms with Gasteiger partial charge in [-0.1, -0.05) is 11.3 Å². The first-order chi connectivity index (χ1) is 11.2. The highest BCUT2D eigenvalue weighted by Crippen LogP contribution is 2.33. The molecule has 23 heavy (non-hydrogen) atoms. The number of nitrogens with one attached hydrogen (secondary N) is 2. The van der Waals surface area contributed by atoms with Crippen LogP contribution in [-0.2, 0) is 6.42 Å². The Morgan fingerprint density at radius 1 is 1.30 bits per heavy atom. The van der Waals surface area contributed by atoms with E-state index in [-0.39, 0.29) is 18.6 Å². The molecule has 0 fully saturated rings. The van der Waals surface area contributed by atoms with Gasteiger partial charge in [-0.3, -0.25) is 14.9 Å². The predicted molar refractivity (Wildman–Crippen MR) is 83.3 cm³/mol. The molecular formula is C15H13N3O4S. The van der Waals surface area contributed by atoms with Crippen LogP contribution in [0.4, 0.5) is 5.13 Å². The fourth-order valence-corrected chi connectivity index (χ4v) is 3.42. The summed E-state index contributed by atoms with van der Waals surface area (Å²) < 4.78 is 10.5. The third-order valence-corrected chi connectivity index (χ3v) is 4.65. The summed E-state index contributed by atoms with van der Waals surface area (Å²) in [6.07, 6.45) is 1.57. The predicted octanol–water partition coefficient (Wildman–Crippen LogP) is 1.80. The second-order valence-corrected chi connectivity index (χ2v) is 6.18. The lowest BCUT2D eigenvalue weighted by Gasteiger charge is -2.03. The van der Waals surface area contributed by atoms with Crippen molar-refractivity contribution >= 4 is 28.3 Å². The van der Waals surface area contributed by atoms with Crippen LogP contribution in [-0.4, -0.2) is 30.1 Å². The second-order valence-electron chi connectivity index (χ2n) is 5.18. The zero-order valence-electron chi connectivity index (χ0n) is 12.0. The van der Waals surface area contributed by atoms with Crippen LogP contribution in [0.25, 0.3) is 0 Å². The maximum atomic E-state index is 12.3. The van der Waals surface area contributed by atoms with Crippen LogP contribution in [0.3, 0.4) is 0 Å². The van der Waals surface area contributed by atoms with Crippen LogP contribution in [0.15, 0.2) is 18.2 Å². The molecule has 0 saturated heterocycles. The molecule has 0 unspecified atom stereocenters. The number of nitrogens with zero attached hydrogens (tertiary/aromatic N) is 1. The van der Waals surface area contributed by atoms with E-state index in [4.69, 9.17) is 9.47 Å². The summed E-state index contributed by atoms with van der Waals surface area (Å²) >= 11 is 1.19. The minimum Gasteiger partial charge on any atom is -0.454 e. The molecule has 1 aromatic carbocycles. The van der Waals surface area contributed by atoms with Gasteiger partial charge in [-0.05, 0) is 31.0 Å². The summed E-state index contributed by atoms with van der Waals surface area (Å²) in [5.74, 6) is 0.748. The lowest BCUT2D eigenvalue weighted by Crippen LogP contribution is -2.21. The smallest absolute Gasteiger partial charge is 0.263 e. The fraction of sp³-hybridized carbons (Fsp3) is 0.267. The maximum absolute atomic E-state index is 12.3. The zero-order chi connectivity index (χ0) is 15.8. The molecular weight excluding hydrogens is 318 g/mol. The number of anilines is 1. The molecule has 4 rings (SSSR count). The van der Waals surface area contributed by atoms with E-state index in [1.165, 1.54) is 11.3 Å². The molecule has 2 aliphatic rings. The van der Waals surface area contributed by atoms with Crippen LogP contribution >= 0.6 is 11.3 Å². The van der Waals surface area contributed by atoms with E-state index in [0.29, 0.717) is 33.6 Å². The molecule has 0 aliphatic carbocycles. The Bertz CT molecular complexity index is 802. The van der Waals surface area contributed by atoms with Gasteiger partial charge in [0.05, 0.1) is 5.69 Å². The van der Waals surface area contributed by atoms with Gasteiger partial charge < -0.3 is 14.8 Å². The van der Waals surface area contributed by atoms with Crippen molar-refractivity contribution in [1.29, 1.82) is 0 Å². The number of carbonyl (C=O) groups is 2. The van der Waals surface area contributed by atoms with Crippen molar-refractivity contribution in [2.24, 2.45) is 0 Å². The van der Waals surface area contributed by atoms with E-state index in [9.17, 15) is 9.59 Å². The Morgan fingerprint density at radius 2 is 2.17 bits per heavy atom. The van der Waals surface area contributed by atoms with Crippen molar-refractivity contribution < 1.29 is 19.1 Å². The topological polar surface area (TPSA) is 89.6 Å². The Morgan fingerprint density at radius 3 is 3.09 bits per heavy atom. The normalized spacial score (nSPS) is 15.6. The zero-order valence-corrected chi connectivity index (χ0v) is 12.9. The molecule has 0 bridgehead atoms. The molecule has 0 saturated carbocycles. The number of hydrogen-bond donors (Lipinski definition) is 2. The molecule has 0 spiro atoms. The van der Waals surface area contributed by atoms with Crippen LogP contribution in [0.1, 0.15) is 32.1 Å². The van der Waals surface area contributed by atoms with Crippen LogP contribution in [0.5, 0.6) is 11.5 Å². The SMILES string of the molecule is O=C(Nc1nc2c(s1)C(=O)NCCC2)c1ccc2c(c1)OCO2. The van der Waals surface area contributed by atoms with Gasteiger partial charge in [-0.25, -0.2) is 4.98 Å². The summed E-state index contributed by atoms with van der Waals surface area (Å²) in [6.45, 7) is 0.815. The maximum Gasteiger partial charge on any atom is 0.263 e. The van der Waals surface area contributed by atoms with Gasteiger partial charge >= 0.3 is 0 Å². The van der Waals surface area contributed by atoms with Gasteiger partial charge in [0.15, 0.2) is 16.6 Å². The minimum atomic E-state index is -0.299. The van der Waals surface area contributed by atoms with E-state index in [1.54, 1.807) is 18.2 Å². The van der Waals surface area contributed by atoms with Gasteiger partial charge in [0.2, 0.25) is 6.79 Å². The number of ether oxygens (including phenoxy) is 2. The van der Waals surface area contributed by atoms with Gasteiger partial charge in [0.25, 0.3) is 11.8 Å². The van der Waals surface area contributed by atoms with E-state index < -0.39 is 0 Å². The number of amides is 2. The average molecular weight is 331 g/mol. The monoisotopic (exact) mass is 331 g/mol. The molecule has 118 valence electrons. The fourth-order valence-electron chi connectivity index (χ4n) is 2.50. The lowest BCUT2D eigenvalue weighted by atomic mass is 10.2. The molecule has 2 amide bonds. The summed E-state index contributed by atoms with van der Waals surface area (Å²) in [5, 5.41) is 5.98. The number of hydrogen-bond acceptors (Lipinski definition) is 6. The molecule has 0 atom stereocenters. The third kappa shape index (κ3) is 2.61. The number of benzene rings is 1. The standard InChI is InChI=1S/C15H13N3O4S/c19-13(8-3-4-10-11(6-8)22-7-21-10)18-15-17-9-2-1-5-16-14(20)12(9)23-15/h3-4,6H,1-2,5,7H2,(H,16,20)(H,17,18,19). The van der Waals surface area contributed by atoms with Crippen molar-refractivity contribution in [3.05, 3.63) is 34.3 Å². The number of fused-ring (bicyclic) bond motifs is 2. The first kappa shape index (κ1) is 14.0. The number of aryl methyl sites for hydroxylation is 1. The van der Waals surface area contributed by atoms with Crippen molar-refractivity contribution in [3.8, 4) is 11.5 Å². The molecule has 1 aromatic heterocycles. The summed E-state index contributed by atoms with van der Waals surface area (Å²) in [4.78, 5) is 29.2. The number of rotatable bonds is 2. The third-order valence-electron chi connectivity index (χ3n) is 3.63. The molecule has 0 radical (unpaired) electrons. The summed E-state index contributed by atoms with van der Waals surface area (Å²) in [7, 11) is 0. The Hall–Kier alpha value is -2.61. The van der Waals surface area contributed by atoms with Gasteiger partial charge in [0, 0.05) is 12.1 Å². The second kappa shape index (κ2) is 5.54. The lowest BCUT2D eigenvalue weighted by molar-refractivity contribution is 0.0958. The largest absolute Gasteiger partial charge is 0.454 e. The van der Waals surface area contributed by atoms with E-state index in [0.717, 1.165) is 18.5 Å². The number of thiazole rings is 1. The van der Waals surface area contributed by atoms with Crippen molar-refractivity contribution in [2.75, 3.05) is 18.7 Å². The number of carbonyl (C=O) groups excluding carboxylic acids is 2. The highest BCUT2D eigenvalue weighted by Gasteiger charge is 2.22. The van der Waals surface area contributed by atoms with Crippen LogP contribution in [0.2, 0.25) is 0 Å². The molecule has 2 aromatic rings. The summed E-state index contributed by atoms with van der Waals surface area (Å²) in [5.41, 5.74) is 1.19. The molecule has 2 N–H and O–H groups in total. The van der Waals surface area contributed by atoms with Crippen molar-refractivity contribution in [1.82, 2.24) is 10.3 Å². The highest BCUT2D eigenvalue weighted by molar-refractivity contribution is 7.17. The van der Waals surface area contributed by atoms with E-state index in [1.807, 2.05) is 0 Å². The first-order valence-corrected chi connectivity index (χ1v) is 8.01. The van der Waals surface area contributed by atoms with E-state index >= 15 is 0 Å². The van der Waals surface area contributed by atoms with E-state index in [2.05, 4.69) is 15.6 Å². The Labute approximate surface area is 135 Å². The Balaban J connectivity index is 1.55. The molecule has 7 nitrogen and oxygen atoms in total. The molecule has 3 heterocycles. The van der Waals surface area contributed by atoms with Crippen molar-refractivity contribution in [3.63, 3.8) is 0 Å². The van der Waals surface area contributed by atoms with Crippen molar-refractivity contribution in [2.45, 2.75) is 12.8 Å². The quantitative estimate of drug-likeness (QED) is 0.876. The van der Waals surface area contributed by atoms with Crippen LogP contribution in [0, 0.1) is 0 Å². The molecule has 8 heteroatoms.